The van der Waals surface area contributed by atoms with E-state index in [9.17, 15) is 0 Å². The van der Waals surface area contributed by atoms with Crippen LogP contribution < -0.4 is 9.64 Å². The molecule has 0 spiro atoms. The second-order valence-corrected chi connectivity index (χ2v) is 9.04. The minimum Gasteiger partial charge on any atom is -0.453 e. The van der Waals surface area contributed by atoms with E-state index in [2.05, 4.69) is 83.3 Å². The molecule has 2 aromatic heterocycles. The number of rotatable bonds is 4. The predicted molar refractivity (Wildman–Crippen MR) is 154 cm³/mol. The van der Waals surface area contributed by atoms with Crippen LogP contribution in [0.5, 0.6) is 11.5 Å². The van der Waals surface area contributed by atoms with Gasteiger partial charge in [-0.15, -0.1) is 0 Å². The van der Waals surface area contributed by atoms with Crippen LogP contribution in [0, 0.1) is 0 Å². The van der Waals surface area contributed by atoms with Crippen LogP contribution in [0.15, 0.2) is 116 Å². The number of nitrogens with zero attached hydrogens (tertiary/aromatic N) is 3. The molecule has 0 N–H and O–H groups in total. The van der Waals surface area contributed by atoms with Crippen LogP contribution in [-0.2, 0) is 0 Å². The Morgan fingerprint density at radius 3 is 1.73 bits per heavy atom. The smallest absolute Gasteiger partial charge is 0.151 e. The van der Waals surface area contributed by atoms with Crippen LogP contribution in [0.3, 0.4) is 0 Å². The fourth-order valence-corrected chi connectivity index (χ4v) is 5.18. The first-order valence-corrected chi connectivity index (χ1v) is 12.2. The maximum atomic E-state index is 6.16. The molecule has 4 aromatic carbocycles. The van der Waals surface area contributed by atoms with E-state index in [4.69, 9.17) is 9.72 Å². The highest BCUT2D eigenvalue weighted by Gasteiger charge is 2.26. The summed E-state index contributed by atoms with van der Waals surface area (Å²) in [6.45, 7) is 7.91. The first-order valence-electron chi connectivity index (χ1n) is 12.2. The molecule has 1 aliphatic heterocycles. The summed E-state index contributed by atoms with van der Waals surface area (Å²) in [5, 5.41) is 2.35. The van der Waals surface area contributed by atoms with E-state index in [1.54, 1.807) is 0 Å². The van der Waals surface area contributed by atoms with Crippen LogP contribution in [0.4, 0.5) is 17.2 Å². The van der Waals surface area contributed by atoms with E-state index in [0.717, 1.165) is 56.5 Å². The topological polar surface area (TPSA) is 30.3 Å². The van der Waals surface area contributed by atoms with Gasteiger partial charge in [-0.25, -0.2) is 4.98 Å². The summed E-state index contributed by atoms with van der Waals surface area (Å²) in [7, 11) is 0. The van der Waals surface area contributed by atoms with Gasteiger partial charge in [0, 0.05) is 10.8 Å². The van der Waals surface area contributed by atoms with Crippen LogP contribution in [0.2, 0.25) is 0 Å². The molecule has 0 fully saturated rings. The molecule has 1 aliphatic rings. The van der Waals surface area contributed by atoms with Crippen LogP contribution in [0.25, 0.3) is 39.6 Å². The highest BCUT2D eigenvalue weighted by molar-refractivity contribution is 6.10. The molecule has 0 unspecified atom stereocenters. The van der Waals surface area contributed by atoms with Gasteiger partial charge in [-0.2, -0.15) is 0 Å². The molecule has 37 heavy (non-hydrogen) atoms. The fourth-order valence-electron chi connectivity index (χ4n) is 5.18. The van der Waals surface area contributed by atoms with Crippen molar-refractivity contribution < 1.29 is 4.74 Å². The average molecular weight is 478 g/mol. The average Bonchev–Trinajstić information content (AvgIpc) is 3.28. The van der Waals surface area contributed by atoms with Crippen molar-refractivity contribution in [3.8, 4) is 17.2 Å². The zero-order chi connectivity index (χ0) is 24.9. The van der Waals surface area contributed by atoms with Gasteiger partial charge in [-0.05, 0) is 71.8 Å². The normalized spacial score (nSPS) is 12.2. The lowest BCUT2D eigenvalue weighted by Crippen LogP contribution is -2.16. The van der Waals surface area contributed by atoms with Crippen molar-refractivity contribution in [2.24, 2.45) is 0 Å². The first kappa shape index (κ1) is 21.2. The second-order valence-electron chi connectivity index (χ2n) is 9.04. The Hall–Kier alpha value is -5.09. The Kier molecular flexibility index (Phi) is 4.73. The van der Waals surface area contributed by atoms with Crippen LogP contribution in [0.1, 0.15) is 11.1 Å². The molecule has 6 aromatic rings. The molecule has 4 nitrogen and oxygen atoms in total. The molecule has 0 amide bonds. The molecule has 0 aliphatic carbocycles. The van der Waals surface area contributed by atoms with E-state index in [1.807, 2.05) is 54.7 Å². The summed E-state index contributed by atoms with van der Waals surface area (Å²) in [5.41, 5.74) is 7.36. The molecule has 0 atom stereocenters. The fraction of sp³-hybridized carbons (Fsp3) is 0. The lowest BCUT2D eigenvalue weighted by atomic mass is 10.1. The van der Waals surface area contributed by atoms with Crippen LogP contribution in [-0.4, -0.2) is 9.55 Å². The van der Waals surface area contributed by atoms with E-state index in [1.165, 1.54) is 10.8 Å². The van der Waals surface area contributed by atoms with Crippen molar-refractivity contribution in [1.82, 2.24) is 9.55 Å². The number of ether oxygens (including phenoxy) is 1. The largest absolute Gasteiger partial charge is 0.453 e. The maximum absolute atomic E-state index is 6.16. The molecular formula is C33H23N3O. The first-order chi connectivity index (χ1) is 18.2. The van der Waals surface area contributed by atoms with E-state index in [0.29, 0.717) is 0 Å². The zero-order valence-corrected chi connectivity index (χ0v) is 20.1. The van der Waals surface area contributed by atoms with Crippen molar-refractivity contribution in [2.45, 2.75) is 0 Å². The van der Waals surface area contributed by atoms with Gasteiger partial charge in [0.15, 0.2) is 11.5 Å². The molecule has 0 bridgehead atoms. The van der Waals surface area contributed by atoms with E-state index in [-0.39, 0.29) is 0 Å². The van der Waals surface area contributed by atoms with Gasteiger partial charge in [-0.1, -0.05) is 61.7 Å². The van der Waals surface area contributed by atoms with E-state index < -0.39 is 0 Å². The molecule has 0 saturated heterocycles. The highest BCUT2D eigenvalue weighted by atomic mass is 16.5. The number of fused-ring (bicyclic) bond motifs is 5. The number of pyridine rings is 1. The number of aromatic nitrogens is 2. The number of anilines is 3. The summed E-state index contributed by atoms with van der Waals surface area (Å²) in [5.74, 6) is 2.45. The molecular weight excluding hydrogens is 454 g/mol. The quantitative estimate of drug-likeness (QED) is 0.253. The van der Waals surface area contributed by atoms with Crippen molar-refractivity contribution in [2.75, 3.05) is 4.90 Å². The Bertz CT molecular complexity index is 1740. The third-order valence-electron chi connectivity index (χ3n) is 6.94. The second kappa shape index (κ2) is 8.25. The predicted octanol–water partition coefficient (Wildman–Crippen LogP) is 9.04. The van der Waals surface area contributed by atoms with Crippen molar-refractivity contribution in [3.63, 3.8) is 0 Å². The minimum atomic E-state index is 0.811. The molecule has 0 radical (unpaired) electrons. The lowest BCUT2D eigenvalue weighted by molar-refractivity contribution is 0.476. The Morgan fingerprint density at radius 2 is 1.22 bits per heavy atom. The molecule has 7 rings (SSSR count). The maximum Gasteiger partial charge on any atom is 0.151 e. The SMILES string of the molecule is C=Cc1ccc2c(c1)c1cc(C=C)ccc1n2-c1ccc(N2c3ccccc3Oc3ccccc32)nc1. The van der Waals surface area contributed by atoms with E-state index >= 15 is 0 Å². The highest BCUT2D eigenvalue weighted by Crippen LogP contribution is 2.49. The third kappa shape index (κ3) is 3.27. The summed E-state index contributed by atoms with van der Waals surface area (Å²) in [6, 6.07) is 33.2. The summed E-state index contributed by atoms with van der Waals surface area (Å²) in [6.07, 6.45) is 5.71. The Balaban J connectivity index is 1.40. The number of hydrogen-bond donors (Lipinski definition) is 0. The van der Waals surface area contributed by atoms with Gasteiger partial charge < -0.3 is 9.30 Å². The minimum absolute atomic E-state index is 0.811. The van der Waals surface area contributed by atoms with Crippen molar-refractivity contribution in [1.29, 1.82) is 0 Å². The molecule has 176 valence electrons. The number of para-hydroxylation sites is 4. The third-order valence-corrected chi connectivity index (χ3v) is 6.94. The van der Waals surface area contributed by atoms with Crippen LogP contribution >= 0.6 is 0 Å². The lowest BCUT2D eigenvalue weighted by Gasteiger charge is -2.31. The molecule has 4 heteroatoms. The monoisotopic (exact) mass is 477 g/mol. The Morgan fingerprint density at radius 1 is 0.649 bits per heavy atom. The summed E-state index contributed by atoms with van der Waals surface area (Å²) in [4.78, 5) is 7.10. The number of hydrogen-bond acceptors (Lipinski definition) is 3. The van der Waals surface area contributed by atoms with Gasteiger partial charge >= 0.3 is 0 Å². The van der Waals surface area contributed by atoms with Gasteiger partial charge in [0.25, 0.3) is 0 Å². The Labute approximate surface area is 215 Å². The number of benzene rings is 4. The zero-order valence-electron chi connectivity index (χ0n) is 20.1. The standard InChI is InChI=1S/C33H23N3O/c1-3-22-13-16-27-25(19-22)26-20-23(4-2)14-17-28(26)35(27)24-15-18-33(34-21-24)36-29-9-5-7-11-31(29)37-32-12-8-6-10-30(32)36/h3-21H,1-2H2. The van der Waals surface area contributed by atoms with Crippen molar-refractivity contribution in [3.05, 3.63) is 128 Å². The van der Waals surface area contributed by atoms with Gasteiger partial charge in [-0.3, -0.25) is 4.90 Å². The molecule has 0 saturated carbocycles. The summed E-state index contributed by atoms with van der Waals surface area (Å²) < 4.78 is 8.42. The van der Waals surface area contributed by atoms with Gasteiger partial charge in [0.05, 0.1) is 34.3 Å². The van der Waals surface area contributed by atoms with Crippen molar-refractivity contribution >= 4 is 51.2 Å². The van der Waals surface area contributed by atoms with Gasteiger partial charge in [0.1, 0.15) is 5.82 Å². The van der Waals surface area contributed by atoms with Gasteiger partial charge in [0.2, 0.25) is 0 Å². The summed E-state index contributed by atoms with van der Waals surface area (Å²) >= 11 is 0. The molecule has 3 heterocycles.